The van der Waals surface area contributed by atoms with E-state index in [4.69, 9.17) is 0 Å². The monoisotopic (exact) mass is 759 g/mol. The number of urea groups is 1. The van der Waals surface area contributed by atoms with E-state index in [1.807, 2.05) is 6.92 Å². The maximum absolute atomic E-state index is 15.0. The van der Waals surface area contributed by atoms with Gasteiger partial charge in [0.1, 0.15) is 12.1 Å². The first-order valence-corrected chi connectivity index (χ1v) is 22.2. The predicted molar refractivity (Wildman–Crippen MR) is 202 cm³/mol. The molecule has 5 saturated carbocycles. The Kier molecular flexibility index (Phi) is 11.1. The van der Waals surface area contributed by atoms with Crippen LogP contribution in [0.15, 0.2) is 0 Å². The standard InChI is InChI=1S/C40H65N5O7S/c1-37(2,3)53(51,52)24-40(20-11-8-12-21-40)44-36(50)43-32(39(6)18-9-7-10-19-39)35(49)45-23-27-29(38(27,4)5)30(45)33(47)42-28(22-25-14-13-15-25)31(46)34(48)41-26-16-17-26/h25-30,32H,7-24H2,1-6H3,(H,41,48)(H,42,47)(H2,43,44,50)/t27-,28?,29-,30-,32+/m0/s1. The first-order valence-electron chi connectivity index (χ1n) is 20.5. The molecule has 1 unspecified atom stereocenters. The van der Waals surface area contributed by atoms with Crippen LogP contribution in [-0.2, 0) is 29.0 Å². The Morgan fingerprint density at radius 2 is 1.42 bits per heavy atom. The number of rotatable bonds is 13. The lowest BCUT2D eigenvalue weighted by Crippen LogP contribution is -2.65. The second kappa shape index (κ2) is 14.8. The summed E-state index contributed by atoms with van der Waals surface area (Å²) in [5, 5.41) is 11.9. The summed E-state index contributed by atoms with van der Waals surface area (Å²) in [6, 6.07) is -3.28. The van der Waals surface area contributed by atoms with Crippen LogP contribution >= 0.6 is 0 Å². The Balaban J connectivity index is 1.24. The second-order valence-electron chi connectivity index (χ2n) is 19.6. The molecular formula is C40H65N5O7S. The highest BCUT2D eigenvalue weighted by molar-refractivity contribution is 7.92. The third-order valence-electron chi connectivity index (χ3n) is 14.1. The van der Waals surface area contributed by atoms with Crippen molar-refractivity contribution in [2.75, 3.05) is 12.3 Å². The van der Waals surface area contributed by atoms with Crippen LogP contribution in [0, 0.1) is 28.6 Å². The molecule has 13 heteroatoms. The number of piperidine rings is 1. The summed E-state index contributed by atoms with van der Waals surface area (Å²) in [6.45, 7) is 11.6. The molecule has 53 heavy (non-hydrogen) atoms. The topological polar surface area (TPSA) is 171 Å². The van der Waals surface area contributed by atoms with Gasteiger partial charge in [0.2, 0.25) is 17.6 Å². The fourth-order valence-electron chi connectivity index (χ4n) is 9.88. The Labute approximate surface area is 316 Å². The van der Waals surface area contributed by atoms with Crippen LogP contribution in [0.25, 0.3) is 0 Å². The van der Waals surface area contributed by atoms with E-state index in [1.54, 1.807) is 25.7 Å². The molecule has 1 heterocycles. The molecule has 0 bridgehead atoms. The van der Waals surface area contributed by atoms with E-state index in [0.29, 0.717) is 25.8 Å². The van der Waals surface area contributed by atoms with Crippen molar-refractivity contribution in [2.45, 2.75) is 179 Å². The number of amides is 5. The molecule has 6 aliphatic rings. The number of likely N-dealkylation sites (tertiary alicyclic amines) is 1. The Morgan fingerprint density at radius 1 is 0.811 bits per heavy atom. The summed E-state index contributed by atoms with van der Waals surface area (Å²) in [6.07, 6.45) is 13.0. The maximum atomic E-state index is 15.0. The van der Waals surface area contributed by atoms with Crippen LogP contribution < -0.4 is 21.3 Å². The zero-order valence-corrected chi connectivity index (χ0v) is 33.8. The van der Waals surface area contributed by atoms with Crippen molar-refractivity contribution in [3.05, 3.63) is 0 Å². The van der Waals surface area contributed by atoms with Gasteiger partial charge in [-0.05, 0) is 94.3 Å². The van der Waals surface area contributed by atoms with Gasteiger partial charge in [-0.3, -0.25) is 19.2 Å². The van der Waals surface area contributed by atoms with E-state index in [1.165, 1.54) is 0 Å². The number of ketones is 1. The zero-order valence-electron chi connectivity index (χ0n) is 33.0. The third kappa shape index (κ3) is 8.44. The smallest absolute Gasteiger partial charge is 0.315 e. The van der Waals surface area contributed by atoms with Crippen LogP contribution in [0.1, 0.15) is 144 Å². The van der Waals surface area contributed by atoms with Crippen LogP contribution in [0.3, 0.4) is 0 Å². The van der Waals surface area contributed by atoms with Crippen LogP contribution in [0.2, 0.25) is 0 Å². The van der Waals surface area contributed by atoms with Gasteiger partial charge in [0.15, 0.2) is 9.84 Å². The van der Waals surface area contributed by atoms with Crippen molar-refractivity contribution >= 4 is 39.4 Å². The van der Waals surface area contributed by atoms with Crippen LogP contribution in [0.4, 0.5) is 4.79 Å². The molecule has 0 aromatic carbocycles. The summed E-state index contributed by atoms with van der Waals surface area (Å²) >= 11 is 0. The number of nitrogens with one attached hydrogen (secondary N) is 4. The van der Waals surface area contributed by atoms with E-state index in [2.05, 4.69) is 35.1 Å². The molecule has 5 atom stereocenters. The second-order valence-corrected chi connectivity index (χ2v) is 22.3. The number of hydrogen-bond acceptors (Lipinski definition) is 7. The highest BCUT2D eigenvalue weighted by Gasteiger charge is 2.70. The summed E-state index contributed by atoms with van der Waals surface area (Å²) in [5.41, 5.74) is -1.70. The average Bonchev–Trinajstić information content (AvgIpc) is 3.91. The number of Topliss-reactive ketones (excluding diaryl/α,β-unsaturated/α-hetero) is 1. The minimum atomic E-state index is -3.56. The minimum absolute atomic E-state index is 0.0149. The van der Waals surface area contributed by atoms with Gasteiger partial charge < -0.3 is 26.2 Å². The van der Waals surface area contributed by atoms with E-state index in [-0.39, 0.29) is 40.9 Å². The first kappa shape index (κ1) is 40.0. The van der Waals surface area contributed by atoms with Crippen molar-refractivity contribution in [2.24, 2.45) is 28.6 Å². The normalized spacial score (nSPS) is 28.7. The number of nitrogens with zero attached hydrogens (tertiary/aromatic N) is 1. The molecule has 5 aliphatic carbocycles. The van der Waals surface area contributed by atoms with Gasteiger partial charge in [0, 0.05) is 12.6 Å². The van der Waals surface area contributed by atoms with Gasteiger partial charge >= 0.3 is 6.03 Å². The number of fused-ring (bicyclic) bond motifs is 1. The lowest BCUT2D eigenvalue weighted by molar-refractivity contribution is -0.146. The molecule has 0 aromatic rings. The van der Waals surface area contributed by atoms with E-state index in [9.17, 15) is 32.4 Å². The van der Waals surface area contributed by atoms with Gasteiger partial charge in [0.05, 0.1) is 22.1 Å². The molecule has 1 saturated heterocycles. The fourth-order valence-corrected chi connectivity index (χ4v) is 11.4. The average molecular weight is 760 g/mol. The van der Waals surface area contributed by atoms with Crippen molar-refractivity contribution < 1.29 is 32.4 Å². The third-order valence-corrected chi connectivity index (χ3v) is 16.9. The van der Waals surface area contributed by atoms with Crippen molar-refractivity contribution in [1.29, 1.82) is 0 Å². The van der Waals surface area contributed by atoms with Crippen LogP contribution in [-0.4, -0.2) is 89.6 Å². The molecule has 5 amide bonds. The lowest BCUT2D eigenvalue weighted by Gasteiger charge is -2.44. The Hall–Kier alpha value is -2.70. The number of hydrogen-bond donors (Lipinski definition) is 4. The van der Waals surface area contributed by atoms with Gasteiger partial charge in [0.25, 0.3) is 5.91 Å². The Bertz CT molecular complexity index is 1550. The van der Waals surface area contributed by atoms with Crippen molar-refractivity contribution in [3.8, 4) is 0 Å². The SMILES string of the molecule is CC1([C@H](NC(=O)NC2(CS(=O)(=O)C(C)(C)C)CCCCC2)C(=O)N2C[C@H]3[C@@H]([C@H]2C(=O)NC(CC2CCC2)C(=O)C(=O)NC2CC2)C3(C)C)CCCCC1. The fraction of sp³-hybridized carbons (Fsp3) is 0.875. The summed E-state index contributed by atoms with van der Waals surface area (Å²) in [4.78, 5) is 71.5. The van der Waals surface area contributed by atoms with Gasteiger partial charge in [-0.1, -0.05) is 78.6 Å². The highest BCUT2D eigenvalue weighted by atomic mass is 32.2. The van der Waals surface area contributed by atoms with Crippen molar-refractivity contribution in [3.63, 3.8) is 0 Å². The van der Waals surface area contributed by atoms with E-state index < -0.39 is 67.3 Å². The molecule has 0 aromatic heterocycles. The maximum Gasteiger partial charge on any atom is 0.315 e. The molecule has 0 spiro atoms. The molecule has 6 rings (SSSR count). The highest BCUT2D eigenvalue weighted by Crippen LogP contribution is 2.65. The molecule has 0 radical (unpaired) electrons. The summed E-state index contributed by atoms with van der Waals surface area (Å²) in [5.74, 6) is -1.97. The zero-order chi connectivity index (χ0) is 38.6. The number of carbonyl (C=O) groups excluding carboxylic acids is 5. The Morgan fingerprint density at radius 3 is 1.96 bits per heavy atom. The molecule has 1 aliphatic heterocycles. The minimum Gasteiger partial charge on any atom is -0.347 e. The molecular weight excluding hydrogens is 695 g/mol. The molecule has 298 valence electrons. The first-order chi connectivity index (χ1) is 24.8. The molecule has 6 fully saturated rings. The quantitative estimate of drug-likeness (QED) is 0.200. The largest absolute Gasteiger partial charge is 0.347 e. The summed E-state index contributed by atoms with van der Waals surface area (Å²) < 4.78 is 26.0. The van der Waals surface area contributed by atoms with Crippen molar-refractivity contribution in [1.82, 2.24) is 26.2 Å². The van der Waals surface area contributed by atoms with Crippen LogP contribution in [0.5, 0.6) is 0 Å². The molecule has 4 N–H and O–H groups in total. The van der Waals surface area contributed by atoms with E-state index in [0.717, 1.165) is 83.5 Å². The molecule has 12 nitrogen and oxygen atoms in total. The van der Waals surface area contributed by atoms with E-state index >= 15 is 0 Å². The predicted octanol–water partition coefficient (Wildman–Crippen LogP) is 4.55. The number of carbonyl (C=O) groups is 5. The summed E-state index contributed by atoms with van der Waals surface area (Å²) in [7, 11) is -3.56. The van der Waals surface area contributed by atoms with Gasteiger partial charge in [-0.2, -0.15) is 0 Å². The lowest BCUT2D eigenvalue weighted by atomic mass is 9.70. The number of sulfone groups is 1. The van der Waals surface area contributed by atoms with Gasteiger partial charge in [-0.25, -0.2) is 13.2 Å². The van der Waals surface area contributed by atoms with Gasteiger partial charge in [-0.15, -0.1) is 0 Å².